The van der Waals surface area contributed by atoms with Crippen molar-refractivity contribution < 1.29 is 13.2 Å². The number of hydrogen-bond donors (Lipinski definition) is 0. The van der Waals surface area contributed by atoms with Crippen LogP contribution < -0.4 is 0 Å². The third kappa shape index (κ3) is 2.31. The molecule has 1 saturated carbocycles. The van der Waals surface area contributed by atoms with Gasteiger partial charge in [0.25, 0.3) is 0 Å². The summed E-state index contributed by atoms with van der Waals surface area (Å²) in [6.07, 6.45) is 0.949. The Balaban J connectivity index is 2.50. The first-order chi connectivity index (χ1) is 6.43. The van der Waals surface area contributed by atoms with Crippen LogP contribution in [0.2, 0.25) is 0 Å². The first-order valence-corrected chi connectivity index (χ1v) is 5.11. The van der Waals surface area contributed by atoms with Gasteiger partial charge in [-0.1, -0.05) is 19.4 Å². The van der Waals surface area contributed by atoms with Crippen molar-refractivity contribution in [1.29, 1.82) is 0 Å². The van der Waals surface area contributed by atoms with E-state index in [4.69, 9.17) is 0 Å². The van der Waals surface area contributed by atoms with Gasteiger partial charge in [0.2, 0.25) is 0 Å². The lowest BCUT2D eigenvalue weighted by Crippen LogP contribution is -2.44. The van der Waals surface area contributed by atoms with Crippen LogP contribution in [0, 0.1) is 11.3 Å². The Kier molecular flexibility index (Phi) is 3.28. The number of allylic oxidation sites excluding steroid dienone is 1. The molecule has 0 nitrogen and oxygen atoms in total. The summed E-state index contributed by atoms with van der Waals surface area (Å²) < 4.78 is 36.9. The lowest BCUT2D eigenvalue weighted by Gasteiger charge is -2.48. The molecule has 0 heterocycles. The maximum atomic E-state index is 12.3. The third-order valence-electron chi connectivity index (χ3n) is 3.18. The van der Waals surface area contributed by atoms with E-state index >= 15 is 0 Å². The molecule has 3 heteroatoms. The third-order valence-corrected chi connectivity index (χ3v) is 3.18. The zero-order valence-electron chi connectivity index (χ0n) is 8.53. The fourth-order valence-electron chi connectivity index (χ4n) is 2.53. The predicted octanol–water partition coefficient (Wildman–Crippen LogP) is 4.32. The van der Waals surface area contributed by atoms with E-state index in [9.17, 15) is 13.2 Å². The fraction of sp³-hybridized carbons (Fsp3) is 0.818. The Morgan fingerprint density at radius 2 is 2.00 bits per heavy atom. The van der Waals surface area contributed by atoms with Gasteiger partial charge in [0.05, 0.1) is 5.92 Å². The highest BCUT2D eigenvalue weighted by molar-refractivity contribution is 4.99. The van der Waals surface area contributed by atoms with Crippen LogP contribution in [0.3, 0.4) is 0 Å². The molecule has 0 unspecified atom stereocenters. The van der Waals surface area contributed by atoms with Crippen LogP contribution in [0.25, 0.3) is 0 Å². The summed E-state index contributed by atoms with van der Waals surface area (Å²) in [6.45, 7) is 5.64. The van der Waals surface area contributed by atoms with Crippen LogP contribution >= 0.6 is 0 Å². The monoisotopic (exact) mass is 206 g/mol. The molecular formula is C11H17F3. The summed E-state index contributed by atoms with van der Waals surface area (Å²) in [5.41, 5.74) is -0.0866. The van der Waals surface area contributed by atoms with Gasteiger partial charge in [0, 0.05) is 0 Å². The van der Waals surface area contributed by atoms with E-state index < -0.39 is 12.1 Å². The van der Waals surface area contributed by atoms with E-state index in [0.717, 1.165) is 19.3 Å². The SMILES string of the molecule is C=CCC1(CCC)CC(C(F)(F)F)C1. The minimum atomic E-state index is -3.99. The summed E-state index contributed by atoms with van der Waals surface area (Å²) >= 11 is 0. The molecule has 0 aromatic carbocycles. The second-order valence-electron chi connectivity index (χ2n) is 4.39. The Labute approximate surface area is 83.2 Å². The molecule has 0 aromatic rings. The molecule has 1 aliphatic carbocycles. The van der Waals surface area contributed by atoms with E-state index in [0.29, 0.717) is 12.8 Å². The average molecular weight is 206 g/mol. The standard InChI is InChI=1S/C11H17F3/c1-3-5-10(6-4-2)7-9(8-10)11(12,13)14/h3,9H,1,4-8H2,2H3. The zero-order chi connectivity index (χ0) is 10.8. The Bertz CT molecular complexity index is 199. The van der Waals surface area contributed by atoms with Crippen molar-refractivity contribution in [3.63, 3.8) is 0 Å². The van der Waals surface area contributed by atoms with Gasteiger partial charge in [-0.2, -0.15) is 13.2 Å². The molecule has 0 saturated heterocycles. The Morgan fingerprint density at radius 1 is 1.43 bits per heavy atom. The fourth-order valence-corrected chi connectivity index (χ4v) is 2.53. The second kappa shape index (κ2) is 3.95. The molecule has 0 atom stereocenters. The minimum Gasteiger partial charge on any atom is -0.171 e. The van der Waals surface area contributed by atoms with Crippen LogP contribution in [0.15, 0.2) is 12.7 Å². The highest BCUT2D eigenvalue weighted by atomic mass is 19.4. The van der Waals surface area contributed by atoms with Crippen LogP contribution in [0.4, 0.5) is 13.2 Å². The summed E-state index contributed by atoms with van der Waals surface area (Å²) in [6, 6.07) is 0. The highest BCUT2D eigenvalue weighted by Crippen LogP contribution is 2.56. The summed E-state index contributed by atoms with van der Waals surface area (Å²) in [5, 5.41) is 0. The lowest BCUT2D eigenvalue weighted by atomic mass is 9.58. The van der Waals surface area contributed by atoms with E-state index in [1.807, 2.05) is 6.92 Å². The normalized spacial score (nSPS) is 32.4. The smallest absolute Gasteiger partial charge is 0.171 e. The molecule has 14 heavy (non-hydrogen) atoms. The summed E-state index contributed by atoms with van der Waals surface area (Å²) in [4.78, 5) is 0. The van der Waals surface area contributed by atoms with Crippen molar-refractivity contribution in [2.24, 2.45) is 11.3 Å². The maximum absolute atomic E-state index is 12.3. The zero-order valence-corrected chi connectivity index (χ0v) is 8.53. The molecule has 1 fully saturated rings. The number of alkyl halides is 3. The van der Waals surface area contributed by atoms with Crippen molar-refractivity contribution in [3.05, 3.63) is 12.7 Å². The molecule has 0 bridgehead atoms. The predicted molar refractivity (Wildman–Crippen MR) is 50.9 cm³/mol. The lowest BCUT2D eigenvalue weighted by molar-refractivity contribution is -0.222. The first kappa shape index (κ1) is 11.6. The summed E-state index contributed by atoms with van der Waals surface area (Å²) in [5.74, 6) is -1.06. The molecule has 0 N–H and O–H groups in total. The Morgan fingerprint density at radius 3 is 2.36 bits per heavy atom. The summed E-state index contributed by atoms with van der Waals surface area (Å²) in [7, 11) is 0. The van der Waals surface area contributed by atoms with Gasteiger partial charge in [0.15, 0.2) is 0 Å². The van der Waals surface area contributed by atoms with Gasteiger partial charge in [0.1, 0.15) is 0 Å². The van der Waals surface area contributed by atoms with Crippen molar-refractivity contribution in [3.8, 4) is 0 Å². The molecule has 1 aliphatic rings. The topological polar surface area (TPSA) is 0 Å². The second-order valence-corrected chi connectivity index (χ2v) is 4.39. The van der Waals surface area contributed by atoms with Crippen LogP contribution in [0.1, 0.15) is 39.0 Å². The maximum Gasteiger partial charge on any atom is 0.391 e. The van der Waals surface area contributed by atoms with Crippen molar-refractivity contribution >= 4 is 0 Å². The van der Waals surface area contributed by atoms with E-state index in [1.165, 1.54) is 0 Å². The van der Waals surface area contributed by atoms with E-state index in [-0.39, 0.29) is 5.41 Å². The van der Waals surface area contributed by atoms with E-state index in [2.05, 4.69) is 6.58 Å². The van der Waals surface area contributed by atoms with Gasteiger partial charge >= 0.3 is 6.18 Å². The molecule has 1 rings (SSSR count). The van der Waals surface area contributed by atoms with Crippen molar-refractivity contribution in [2.45, 2.75) is 45.2 Å². The molecular weight excluding hydrogens is 189 g/mol. The molecule has 0 amide bonds. The number of hydrogen-bond acceptors (Lipinski definition) is 0. The molecule has 0 radical (unpaired) electrons. The van der Waals surface area contributed by atoms with Gasteiger partial charge in [-0.05, 0) is 31.1 Å². The van der Waals surface area contributed by atoms with Crippen molar-refractivity contribution in [1.82, 2.24) is 0 Å². The average Bonchev–Trinajstić information content (AvgIpc) is 1.97. The van der Waals surface area contributed by atoms with Gasteiger partial charge in [-0.3, -0.25) is 0 Å². The van der Waals surface area contributed by atoms with Crippen LogP contribution in [-0.4, -0.2) is 6.18 Å². The molecule has 0 aliphatic heterocycles. The molecule has 82 valence electrons. The van der Waals surface area contributed by atoms with E-state index in [1.54, 1.807) is 6.08 Å². The van der Waals surface area contributed by atoms with Crippen LogP contribution in [0.5, 0.6) is 0 Å². The quantitative estimate of drug-likeness (QED) is 0.601. The highest BCUT2D eigenvalue weighted by Gasteiger charge is 2.54. The Hall–Kier alpha value is -0.470. The van der Waals surface area contributed by atoms with Gasteiger partial charge in [-0.25, -0.2) is 0 Å². The number of halogens is 3. The van der Waals surface area contributed by atoms with Gasteiger partial charge in [-0.15, -0.1) is 6.58 Å². The largest absolute Gasteiger partial charge is 0.391 e. The van der Waals surface area contributed by atoms with Crippen molar-refractivity contribution in [2.75, 3.05) is 0 Å². The van der Waals surface area contributed by atoms with Gasteiger partial charge < -0.3 is 0 Å². The van der Waals surface area contributed by atoms with Crippen LogP contribution in [-0.2, 0) is 0 Å². The molecule has 0 aromatic heterocycles. The minimum absolute atomic E-state index is 0.0866. The number of rotatable bonds is 4. The first-order valence-electron chi connectivity index (χ1n) is 5.11. The molecule has 0 spiro atoms.